The summed E-state index contributed by atoms with van der Waals surface area (Å²) >= 11 is 0. The molecule has 4 aromatic rings. The number of aryl methyl sites for hydroxylation is 1. The smallest absolute Gasteiger partial charge is 0.295 e. The number of H-pyrrole nitrogens is 1. The average Bonchev–Trinajstić information content (AvgIpc) is 3.53. The summed E-state index contributed by atoms with van der Waals surface area (Å²) in [7, 11) is 0. The van der Waals surface area contributed by atoms with Crippen LogP contribution in [0.1, 0.15) is 83.5 Å². The van der Waals surface area contributed by atoms with Crippen molar-refractivity contribution in [1.82, 2.24) is 34.7 Å². The van der Waals surface area contributed by atoms with Crippen molar-refractivity contribution in [1.29, 1.82) is 0 Å². The summed E-state index contributed by atoms with van der Waals surface area (Å²) in [6.07, 6.45) is 13.8. The topological polar surface area (TPSA) is 94.3 Å². The van der Waals surface area contributed by atoms with E-state index in [0.29, 0.717) is 30.1 Å². The Bertz CT molecular complexity index is 1420. The number of nitrogens with one attached hydrogen (secondary N) is 1. The van der Waals surface area contributed by atoms with Crippen LogP contribution in [0.25, 0.3) is 22.5 Å². The van der Waals surface area contributed by atoms with E-state index in [-0.39, 0.29) is 11.7 Å². The van der Waals surface area contributed by atoms with Gasteiger partial charge in [-0.05, 0) is 76.6 Å². The fourth-order valence-corrected chi connectivity index (χ4v) is 6.49. The number of imidazole rings is 1. The number of hydrogen-bond donors (Lipinski definition) is 1. The fourth-order valence-electron chi connectivity index (χ4n) is 6.49. The van der Waals surface area contributed by atoms with Gasteiger partial charge < -0.3 is 0 Å². The lowest BCUT2D eigenvalue weighted by molar-refractivity contribution is 0.188. The Balaban J connectivity index is 1.59. The second-order valence-corrected chi connectivity index (χ2v) is 11.5. The van der Waals surface area contributed by atoms with E-state index < -0.39 is 0 Å². The quantitative estimate of drug-likeness (QED) is 0.258. The third-order valence-electron chi connectivity index (χ3n) is 8.57. The highest BCUT2D eigenvalue weighted by Gasteiger charge is 2.34. The molecule has 1 fully saturated rings. The molecule has 0 aliphatic heterocycles. The summed E-state index contributed by atoms with van der Waals surface area (Å²) in [4.78, 5) is 18.7. The lowest BCUT2D eigenvalue weighted by Crippen LogP contribution is -2.35. The van der Waals surface area contributed by atoms with E-state index in [1.165, 1.54) is 25.7 Å². The van der Waals surface area contributed by atoms with E-state index in [1.54, 1.807) is 6.20 Å². The zero-order valence-electron chi connectivity index (χ0n) is 23.7. The Hall–Kier alpha value is -3.55. The van der Waals surface area contributed by atoms with Gasteiger partial charge in [0.15, 0.2) is 5.82 Å². The monoisotopic (exact) mass is 527 g/mol. The SMILES string of the molecule is CCCCc1cn(C2C(C)CCCCC2C(C)C)c(=O)n1Cc1cnccc1-c1ccccc1-c1nnn[nH]1. The number of nitrogens with zero attached hydrogens (tertiary/aromatic N) is 6. The summed E-state index contributed by atoms with van der Waals surface area (Å²) < 4.78 is 4.11. The van der Waals surface area contributed by atoms with Gasteiger partial charge in [0.2, 0.25) is 0 Å². The van der Waals surface area contributed by atoms with Gasteiger partial charge in [0, 0.05) is 35.9 Å². The number of hydrogen-bond acceptors (Lipinski definition) is 5. The van der Waals surface area contributed by atoms with Gasteiger partial charge in [-0.25, -0.2) is 9.89 Å². The van der Waals surface area contributed by atoms with Crippen molar-refractivity contribution in [2.45, 2.75) is 85.2 Å². The van der Waals surface area contributed by atoms with Crippen LogP contribution in [-0.2, 0) is 13.0 Å². The Kier molecular flexibility index (Phi) is 8.38. The third kappa shape index (κ3) is 5.60. The number of tetrazole rings is 1. The Morgan fingerprint density at radius 2 is 1.87 bits per heavy atom. The van der Waals surface area contributed by atoms with Gasteiger partial charge in [0.25, 0.3) is 0 Å². The summed E-state index contributed by atoms with van der Waals surface area (Å²) in [5.41, 5.74) is 5.17. The van der Waals surface area contributed by atoms with Crippen LogP contribution in [0.15, 0.2) is 53.7 Å². The lowest BCUT2D eigenvalue weighted by atomic mass is 9.80. The second-order valence-electron chi connectivity index (χ2n) is 11.5. The van der Waals surface area contributed by atoms with E-state index >= 15 is 0 Å². The van der Waals surface area contributed by atoms with E-state index in [0.717, 1.165) is 47.2 Å². The van der Waals surface area contributed by atoms with Crippen LogP contribution in [0, 0.1) is 17.8 Å². The molecule has 3 aromatic heterocycles. The van der Waals surface area contributed by atoms with Gasteiger partial charge in [-0.2, -0.15) is 0 Å². The van der Waals surface area contributed by atoms with Crippen LogP contribution >= 0.6 is 0 Å². The first kappa shape index (κ1) is 27.0. The number of benzene rings is 1. The summed E-state index contributed by atoms with van der Waals surface area (Å²) in [5.74, 6) is 2.13. The number of aromatic amines is 1. The van der Waals surface area contributed by atoms with Crippen LogP contribution in [0.4, 0.5) is 0 Å². The molecule has 1 aliphatic rings. The maximum absolute atomic E-state index is 14.3. The fraction of sp³-hybridized carbons (Fsp3) is 0.516. The van der Waals surface area contributed by atoms with Gasteiger partial charge in [-0.15, -0.1) is 5.10 Å². The molecule has 8 heteroatoms. The summed E-state index contributed by atoms with van der Waals surface area (Å²) in [6.45, 7) is 9.66. The van der Waals surface area contributed by atoms with Crippen molar-refractivity contribution >= 4 is 0 Å². The molecule has 3 atom stereocenters. The standard InChI is InChI=1S/C31H41N7O/c1-5-6-12-24-20-38(29-22(4)11-7-8-13-25(29)21(2)3)31(39)37(24)19-23-18-32-17-16-26(23)27-14-9-10-15-28(27)30-33-35-36-34-30/h9-10,14-18,20-22,25,29H,5-8,11-13,19H2,1-4H3,(H,33,34,35,36). The molecule has 3 unspecified atom stereocenters. The number of rotatable bonds is 9. The average molecular weight is 528 g/mol. The predicted molar refractivity (Wildman–Crippen MR) is 154 cm³/mol. The van der Waals surface area contributed by atoms with E-state index in [1.807, 2.05) is 35.0 Å². The summed E-state index contributed by atoms with van der Waals surface area (Å²) in [5, 5.41) is 14.6. The minimum Gasteiger partial charge on any atom is -0.295 e. The minimum absolute atomic E-state index is 0.105. The molecule has 0 saturated heterocycles. The highest BCUT2D eigenvalue weighted by atomic mass is 16.1. The van der Waals surface area contributed by atoms with Crippen molar-refractivity contribution in [3.63, 3.8) is 0 Å². The van der Waals surface area contributed by atoms with Crippen LogP contribution in [0.3, 0.4) is 0 Å². The first-order valence-corrected chi connectivity index (χ1v) is 14.6. The third-order valence-corrected chi connectivity index (χ3v) is 8.57. The van der Waals surface area contributed by atoms with Gasteiger partial charge in [0.1, 0.15) is 0 Å². The molecular formula is C31H41N7O. The molecule has 1 saturated carbocycles. The van der Waals surface area contributed by atoms with Gasteiger partial charge >= 0.3 is 5.69 Å². The lowest BCUT2D eigenvalue weighted by Gasteiger charge is -2.33. The Morgan fingerprint density at radius 1 is 1.08 bits per heavy atom. The highest BCUT2D eigenvalue weighted by molar-refractivity contribution is 5.81. The molecule has 3 heterocycles. The van der Waals surface area contributed by atoms with Crippen molar-refractivity contribution in [2.75, 3.05) is 0 Å². The Morgan fingerprint density at radius 3 is 2.62 bits per heavy atom. The van der Waals surface area contributed by atoms with Crippen molar-refractivity contribution < 1.29 is 0 Å². The first-order valence-electron chi connectivity index (χ1n) is 14.6. The Labute approximate surface area is 230 Å². The largest absolute Gasteiger partial charge is 0.328 e. The molecule has 206 valence electrons. The van der Waals surface area contributed by atoms with Crippen LogP contribution in [0.5, 0.6) is 0 Å². The maximum atomic E-state index is 14.3. The second kappa shape index (κ2) is 12.1. The zero-order valence-corrected chi connectivity index (χ0v) is 23.7. The molecule has 5 rings (SSSR count). The molecular weight excluding hydrogens is 486 g/mol. The van der Waals surface area contributed by atoms with E-state index in [2.05, 4.69) is 70.1 Å². The van der Waals surface area contributed by atoms with Gasteiger partial charge in [-0.3, -0.25) is 14.1 Å². The minimum atomic E-state index is 0.105. The molecule has 0 amide bonds. The maximum Gasteiger partial charge on any atom is 0.328 e. The number of unbranched alkanes of at least 4 members (excludes halogenated alkanes) is 1. The van der Waals surface area contributed by atoms with E-state index in [4.69, 9.17) is 0 Å². The molecule has 0 spiro atoms. The molecule has 39 heavy (non-hydrogen) atoms. The molecule has 1 N–H and O–H groups in total. The van der Waals surface area contributed by atoms with Crippen LogP contribution in [0.2, 0.25) is 0 Å². The highest BCUT2D eigenvalue weighted by Crippen LogP contribution is 2.40. The summed E-state index contributed by atoms with van der Waals surface area (Å²) in [6, 6.07) is 10.3. The van der Waals surface area contributed by atoms with Crippen LogP contribution in [-0.4, -0.2) is 34.7 Å². The van der Waals surface area contributed by atoms with Crippen LogP contribution < -0.4 is 5.69 Å². The van der Waals surface area contributed by atoms with E-state index in [9.17, 15) is 4.79 Å². The predicted octanol–water partition coefficient (Wildman–Crippen LogP) is 6.31. The first-order chi connectivity index (χ1) is 19.0. The molecule has 8 nitrogen and oxygen atoms in total. The number of pyridine rings is 1. The molecule has 1 aromatic carbocycles. The number of aromatic nitrogens is 7. The van der Waals surface area contributed by atoms with Gasteiger partial charge in [-0.1, -0.05) is 71.2 Å². The zero-order chi connectivity index (χ0) is 27.4. The van der Waals surface area contributed by atoms with Crippen molar-refractivity contribution in [3.8, 4) is 22.5 Å². The van der Waals surface area contributed by atoms with Crippen molar-refractivity contribution in [3.05, 3.63) is 70.7 Å². The van der Waals surface area contributed by atoms with Gasteiger partial charge in [0.05, 0.1) is 6.54 Å². The molecule has 0 radical (unpaired) electrons. The molecule has 1 aliphatic carbocycles. The normalized spacial score (nSPS) is 19.9. The van der Waals surface area contributed by atoms with Crippen molar-refractivity contribution in [2.24, 2.45) is 17.8 Å². The molecule has 0 bridgehead atoms.